The first-order chi connectivity index (χ1) is 9.66. The van der Waals surface area contributed by atoms with Crippen LogP contribution in [0.5, 0.6) is 5.88 Å². The van der Waals surface area contributed by atoms with E-state index in [0.717, 1.165) is 6.42 Å². The van der Waals surface area contributed by atoms with Gasteiger partial charge in [0.25, 0.3) is 5.56 Å². The molecule has 1 aliphatic rings. The zero-order chi connectivity index (χ0) is 14.1. The average molecular weight is 272 g/mol. The van der Waals surface area contributed by atoms with E-state index in [1.54, 1.807) is 24.3 Å². The van der Waals surface area contributed by atoms with Crippen LogP contribution in [-0.2, 0) is 6.54 Å². The van der Waals surface area contributed by atoms with Gasteiger partial charge in [-0.3, -0.25) is 14.3 Å². The highest BCUT2D eigenvalue weighted by Gasteiger charge is 2.22. The molecule has 2 N–H and O–H groups in total. The van der Waals surface area contributed by atoms with Crippen molar-refractivity contribution in [2.24, 2.45) is 5.92 Å². The maximum absolute atomic E-state index is 11.9. The summed E-state index contributed by atoms with van der Waals surface area (Å²) >= 11 is 0. The summed E-state index contributed by atoms with van der Waals surface area (Å²) in [7, 11) is 0. The number of rotatable bonds is 4. The summed E-state index contributed by atoms with van der Waals surface area (Å²) in [5.41, 5.74) is -0.346. The molecule has 20 heavy (non-hydrogen) atoms. The normalized spacial score (nSPS) is 14.4. The van der Waals surface area contributed by atoms with Gasteiger partial charge in [-0.05, 0) is 17.9 Å². The number of hydrogen-bond donors (Lipinski definition) is 2. The quantitative estimate of drug-likeness (QED) is 0.889. The van der Waals surface area contributed by atoms with Crippen LogP contribution in [0.15, 0.2) is 39.9 Å². The van der Waals surface area contributed by atoms with Crippen LogP contribution in [0.25, 0.3) is 11.1 Å². The van der Waals surface area contributed by atoms with E-state index in [1.165, 1.54) is 17.4 Å². The summed E-state index contributed by atoms with van der Waals surface area (Å²) < 4.78 is 1.25. The molecular formula is C15H16N2O3. The van der Waals surface area contributed by atoms with Gasteiger partial charge >= 0.3 is 5.69 Å². The first-order valence-electron chi connectivity index (χ1n) is 6.78. The molecule has 2 aromatic rings. The predicted octanol–water partition coefficient (Wildman–Crippen LogP) is 1.71. The summed E-state index contributed by atoms with van der Waals surface area (Å²) in [6, 6.07) is 8.87. The Labute approximate surface area is 115 Å². The molecule has 0 saturated heterocycles. The van der Waals surface area contributed by atoms with Crippen molar-refractivity contribution in [3.63, 3.8) is 0 Å². The van der Waals surface area contributed by atoms with Gasteiger partial charge in [-0.15, -0.1) is 0 Å². The molecule has 0 unspecified atom stereocenters. The highest BCUT2D eigenvalue weighted by Crippen LogP contribution is 2.33. The molecule has 3 rings (SSSR count). The number of aromatic amines is 1. The fourth-order valence-corrected chi connectivity index (χ4v) is 2.35. The van der Waals surface area contributed by atoms with Gasteiger partial charge in [0, 0.05) is 6.54 Å². The van der Waals surface area contributed by atoms with E-state index >= 15 is 0 Å². The molecule has 0 spiro atoms. The van der Waals surface area contributed by atoms with Crippen LogP contribution in [-0.4, -0.2) is 14.7 Å². The monoisotopic (exact) mass is 272 g/mol. The van der Waals surface area contributed by atoms with Crippen molar-refractivity contribution >= 4 is 0 Å². The van der Waals surface area contributed by atoms with Gasteiger partial charge in [0.2, 0.25) is 5.88 Å². The number of nitrogens with one attached hydrogen (secondary N) is 1. The lowest BCUT2D eigenvalue weighted by molar-refractivity contribution is 0.395. The van der Waals surface area contributed by atoms with Gasteiger partial charge in [0.15, 0.2) is 0 Å². The first-order valence-corrected chi connectivity index (χ1v) is 6.78. The lowest BCUT2D eigenvalue weighted by atomic mass is 10.1. The second-order valence-electron chi connectivity index (χ2n) is 5.21. The van der Waals surface area contributed by atoms with Crippen molar-refractivity contribution in [3.05, 3.63) is 51.2 Å². The molecule has 1 aromatic heterocycles. The molecular weight excluding hydrogens is 256 g/mol. The summed E-state index contributed by atoms with van der Waals surface area (Å²) in [6.07, 6.45) is 3.22. The molecule has 1 saturated carbocycles. The van der Waals surface area contributed by atoms with Crippen LogP contribution in [0.2, 0.25) is 0 Å². The SMILES string of the molecule is O=c1[nH]c(=O)n(CCC2CC2)c(O)c1-c1ccccc1. The summed E-state index contributed by atoms with van der Waals surface area (Å²) in [6.45, 7) is 0.436. The van der Waals surface area contributed by atoms with E-state index in [4.69, 9.17) is 0 Å². The Hall–Kier alpha value is -2.30. The molecule has 0 amide bonds. The predicted molar refractivity (Wildman–Crippen MR) is 75.8 cm³/mol. The molecule has 0 radical (unpaired) electrons. The second-order valence-corrected chi connectivity index (χ2v) is 5.21. The van der Waals surface area contributed by atoms with Gasteiger partial charge in [0.1, 0.15) is 5.56 Å². The van der Waals surface area contributed by atoms with E-state index in [2.05, 4.69) is 4.98 Å². The van der Waals surface area contributed by atoms with E-state index < -0.39 is 11.2 Å². The minimum absolute atomic E-state index is 0.154. The second kappa shape index (κ2) is 5.00. The van der Waals surface area contributed by atoms with Crippen LogP contribution >= 0.6 is 0 Å². The van der Waals surface area contributed by atoms with Gasteiger partial charge in [-0.1, -0.05) is 43.2 Å². The Morgan fingerprint density at radius 3 is 2.55 bits per heavy atom. The number of nitrogens with zero attached hydrogens (tertiary/aromatic N) is 1. The molecule has 1 aliphatic carbocycles. The Balaban J connectivity index is 2.07. The van der Waals surface area contributed by atoms with Gasteiger partial charge in [-0.2, -0.15) is 0 Å². The maximum Gasteiger partial charge on any atom is 0.331 e. The van der Waals surface area contributed by atoms with Crippen molar-refractivity contribution in [2.45, 2.75) is 25.8 Å². The number of H-pyrrole nitrogens is 1. The van der Waals surface area contributed by atoms with Crippen LogP contribution in [0.4, 0.5) is 0 Å². The van der Waals surface area contributed by atoms with Gasteiger partial charge in [0.05, 0.1) is 0 Å². The molecule has 1 fully saturated rings. The van der Waals surface area contributed by atoms with Crippen molar-refractivity contribution < 1.29 is 5.11 Å². The zero-order valence-corrected chi connectivity index (χ0v) is 11.0. The lowest BCUT2D eigenvalue weighted by Gasteiger charge is -2.11. The molecule has 0 atom stereocenters. The third-order valence-corrected chi connectivity index (χ3v) is 3.69. The molecule has 1 heterocycles. The number of benzene rings is 1. The van der Waals surface area contributed by atoms with Gasteiger partial charge in [-0.25, -0.2) is 4.79 Å². The Morgan fingerprint density at radius 1 is 1.20 bits per heavy atom. The van der Waals surface area contributed by atoms with E-state index in [0.29, 0.717) is 18.0 Å². The van der Waals surface area contributed by atoms with Crippen LogP contribution in [0.1, 0.15) is 19.3 Å². The molecule has 0 aliphatic heterocycles. The fourth-order valence-electron chi connectivity index (χ4n) is 2.35. The Kier molecular flexibility index (Phi) is 3.18. The summed E-state index contributed by atoms with van der Waals surface area (Å²) in [5.74, 6) is 0.402. The van der Waals surface area contributed by atoms with Crippen molar-refractivity contribution in [3.8, 4) is 17.0 Å². The standard InChI is InChI=1S/C15H16N2O3/c18-13-12(11-4-2-1-3-5-11)14(19)17(15(20)16-13)9-8-10-6-7-10/h1-5,10,19H,6-9H2,(H,16,18,20). The average Bonchev–Trinajstić information content (AvgIpc) is 3.23. The summed E-state index contributed by atoms with van der Waals surface area (Å²) in [5, 5.41) is 10.3. The minimum atomic E-state index is -0.554. The largest absolute Gasteiger partial charge is 0.494 e. The molecule has 0 bridgehead atoms. The highest BCUT2D eigenvalue weighted by atomic mass is 16.3. The van der Waals surface area contributed by atoms with E-state index in [-0.39, 0.29) is 11.4 Å². The van der Waals surface area contributed by atoms with E-state index in [1.807, 2.05) is 6.07 Å². The van der Waals surface area contributed by atoms with E-state index in [9.17, 15) is 14.7 Å². The molecule has 104 valence electrons. The number of aromatic hydroxyl groups is 1. The Bertz CT molecular complexity index is 727. The number of hydrogen-bond acceptors (Lipinski definition) is 3. The topological polar surface area (TPSA) is 75.1 Å². The lowest BCUT2D eigenvalue weighted by Crippen LogP contribution is -2.31. The van der Waals surface area contributed by atoms with Crippen LogP contribution < -0.4 is 11.2 Å². The fraction of sp³-hybridized carbons (Fsp3) is 0.333. The molecule has 5 nitrogen and oxygen atoms in total. The zero-order valence-electron chi connectivity index (χ0n) is 11.0. The Morgan fingerprint density at radius 2 is 1.90 bits per heavy atom. The molecule has 1 aromatic carbocycles. The molecule has 5 heteroatoms. The maximum atomic E-state index is 11.9. The van der Waals surface area contributed by atoms with Gasteiger partial charge < -0.3 is 5.11 Å². The van der Waals surface area contributed by atoms with Crippen molar-refractivity contribution in [1.82, 2.24) is 9.55 Å². The first kappa shape index (κ1) is 12.7. The number of aromatic nitrogens is 2. The van der Waals surface area contributed by atoms with Crippen LogP contribution in [0.3, 0.4) is 0 Å². The highest BCUT2D eigenvalue weighted by molar-refractivity contribution is 5.67. The van der Waals surface area contributed by atoms with Crippen molar-refractivity contribution in [2.75, 3.05) is 0 Å². The third-order valence-electron chi connectivity index (χ3n) is 3.69. The minimum Gasteiger partial charge on any atom is -0.494 e. The third kappa shape index (κ3) is 2.39. The smallest absolute Gasteiger partial charge is 0.331 e. The van der Waals surface area contributed by atoms with Crippen molar-refractivity contribution in [1.29, 1.82) is 0 Å². The van der Waals surface area contributed by atoms with Crippen LogP contribution in [0, 0.1) is 5.92 Å². The summed E-state index contributed by atoms with van der Waals surface area (Å²) in [4.78, 5) is 26.0.